The van der Waals surface area contributed by atoms with Crippen LogP contribution >= 0.6 is 35.2 Å². The number of halogens is 2. The fourth-order valence-electron chi connectivity index (χ4n) is 8.90. The van der Waals surface area contributed by atoms with E-state index >= 15 is 0 Å². The van der Waals surface area contributed by atoms with Crippen LogP contribution in [0.4, 0.5) is 0 Å². The van der Waals surface area contributed by atoms with Gasteiger partial charge in [0.15, 0.2) is 0 Å². The van der Waals surface area contributed by atoms with Gasteiger partial charge >= 0.3 is 34.5 Å². The molecule has 0 heterocycles. The van der Waals surface area contributed by atoms with Gasteiger partial charge in [-0.05, 0) is 93.3 Å². The van der Waals surface area contributed by atoms with E-state index in [2.05, 4.69) is 194 Å². The summed E-state index contributed by atoms with van der Waals surface area (Å²) in [6, 6.07) is 89.2. The molecule has 3 nitrogen and oxygen atoms in total. The Balaban J connectivity index is 0.000000268. The zero-order valence-electron chi connectivity index (χ0n) is 36.7. The molecule has 0 saturated heterocycles. The predicted octanol–water partition coefficient (Wildman–Crippen LogP) is 11.8. The first kappa shape index (κ1) is 48.1. The molecule has 0 fully saturated rings. The van der Waals surface area contributed by atoms with Crippen LogP contribution in [0.1, 0.15) is 40.4 Å². The Morgan fingerprint density at radius 1 is 0.343 bits per heavy atom. The monoisotopic (exact) mass is 1040 g/mol. The number of aliphatic hydroxyl groups is 1. The van der Waals surface area contributed by atoms with Crippen LogP contribution in [0, 0.1) is 0 Å². The maximum absolute atomic E-state index is 13.3. The number of nitrogens with two attached hydrogens (primary N) is 2. The van der Waals surface area contributed by atoms with Gasteiger partial charge < -0.3 is 16.6 Å². The van der Waals surface area contributed by atoms with Crippen LogP contribution in [0.15, 0.2) is 255 Å². The number of aliphatic hydroxyl groups excluding tert-OH is 1. The molecule has 5 N–H and O–H groups in total. The molecule has 0 saturated carbocycles. The Hall–Kier alpha value is -5.34. The number of hydrogen-bond acceptors (Lipinski definition) is 3. The summed E-state index contributed by atoms with van der Waals surface area (Å²) in [5.74, 6) is 0. The van der Waals surface area contributed by atoms with Gasteiger partial charge in [-0.25, -0.2) is 0 Å². The third kappa shape index (κ3) is 11.5. The van der Waals surface area contributed by atoms with E-state index in [0.717, 1.165) is 43.8 Å². The van der Waals surface area contributed by atoms with Crippen molar-refractivity contribution in [1.82, 2.24) is 0 Å². The van der Waals surface area contributed by atoms with Crippen LogP contribution in [0.3, 0.4) is 0 Å². The Morgan fingerprint density at radius 3 is 0.896 bits per heavy atom. The maximum atomic E-state index is 13.3. The van der Waals surface area contributed by atoms with Gasteiger partial charge in [-0.1, -0.05) is 194 Å². The van der Waals surface area contributed by atoms with E-state index < -0.39 is 21.9 Å². The first-order chi connectivity index (χ1) is 33.0. The molecule has 8 heteroatoms. The fourth-order valence-corrected chi connectivity index (χ4v) is 14.5. The van der Waals surface area contributed by atoms with E-state index in [1.807, 2.05) is 60.7 Å². The summed E-state index contributed by atoms with van der Waals surface area (Å²) in [5, 5.41) is 25.4. The summed E-state index contributed by atoms with van der Waals surface area (Å²) < 4.78 is 0. The van der Waals surface area contributed by atoms with Gasteiger partial charge in [0.25, 0.3) is 0 Å². The molecule has 0 aliphatic heterocycles. The Kier molecular flexibility index (Phi) is 17.3. The van der Waals surface area contributed by atoms with Crippen molar-refractivity contribution in [2.24, 2.45) is 11.5 Å². The zero-order chi connectivity index (χ0) is 46.4. The molecule has 10 aromatic carbocycles. The quantitative estimate of drug-likeness (QED) is 0.0893. The molecule has 0 bridgehead atoms. The molecule has 0 amide bonds. The first-order valence-electron chi connectivity index (χ1n) is 22.1. The normalized spacial score (nSPS) is 12.0. The average molecular weight is 1040 g/mol. The molecule has 0 aromatic heterocycles. The number of fused-ring (bicyclic) bond motifs is 2. The topological polar surface area (TPSA) is 72.3 Å². The molecule has 0 aliphatic rings. The van der Waals surface area contributed by atoms with Crippen LogP contribution in [-0.2, 0) is 15.1 Å². The SMILES string of the molecule is NC(c1ccccc1)C(N)c1ccccc1.OC(c1c([PH+](c2ccccc2)c2ccccc2)ccc2ccccc12)c1c([PH+](c2ccccc2)c2ccccc2)ccc2ccccc12.[Cl][Ru+2][Cl]. The summed E-state index contributed by atoms with van der Waals surface area (Å²) in [5.41, 5.74) is 16.4. The second-order valence-corrected chi connectivity index (χ2v) is 23.6. The minimum absolute atomic E-state index is 0.163. The van der Waals surface area contributed by atoms with Gasteiger partial charge in [0.1, 0.15) is 37.9 Å². The third-order valence-corrected chi connectivity index (χ3v) is 17.6. The fraction of sp³-hybridized carbons (Fsp3) is 0.0508. The van der Waals surface area contributed by atoms with Gasteiger partial charge in [0.05, 0.1) is 15.8 Å². The molecular weight excluding hydrogens is 987 g/mol. The van der Waals surface area contributed by atoms with E-state index in [0.29, 0.717) is 0 Å². The minimum atomic E-state index is -1.49. The molecular formula is C59H52Cl2N2OP2Ru+4. The van der Waals surface area contributed by atoms with Crippen molar-refractivity contribution in [3.63, 3.8) is 0 Å². The molecule has 0 aliphatic carbocycles. The van der Waals surface area contributed by atoms with Crippen molar-refractivity contribution in [3.05, 3.63) is 277 Å². The molecule has 10 rings (SSSR count). The average Bonchev–Trinajstić information content (AvgIpc) is 3.40. The molecule has 2 unspecified atom stereocenters. The van der Waals surface area contributed by atoms with Gasteiger partial charge in [0, 0.05) is 23.2 Å². The summed E-state index contributed by atoms with van der Waals surface area (Å²) in [7, 11) is 6.73. The Bertz CT molecular complexity index is 2800. The van der Waals surface area contributed by atoms with E-state index in [4.69, 9.17) is 30.8 Å². The number of rotatable bonds is 11. The van der Waals surface area contributed by atoms with Crippen molar-refractivity contribution >= 4 is 88.6 Å². The first-order valence-corrected chi connectivity index (χ1v) is 29.6. The van der Waals surface area contributed by atoms with Crippen LogP contribution in [0.25, 0.3) is 21.5 Å². The van der Waals surface area contributed by atoms with E-state index in [1.165, 1.54) is 31.8 Å². The summed E-state index contributed by atoms with van der Waals surface area (Å²) in [4.78, 5) is 0. The zero-order valence-corrected chi connectivity index (χ0v) is 41.9. The van der Waals surface area contributed by atoms with Crippen LogP contribution in [0.5, 0.6) is 0 Å². The van der Waals surface area contributed by atoms with Crippen LogP contribution in [-0.4, -0.2) is 5.11 Å². The van der Waals surface area contributed by atoms with E-state index in [9.17, 15) is 5.11 Å². The summed E-state index contributed by atoms with van der Waals surface area (Å²) >= 11 is -0.346. The van der Waals surface area contributed by atoms with Crippen molar-refractivity contribution < 1.29 is 20.3 Å². The summed E-state index contributed by atoms with van der Waals surface area (Å²) in [6.07, 6.45) is -0.855. The van der Waals surface area contributed by atoms with Crippen LogP contribution in [0.2, 0.25) is 0 Å². The van der Waals surface area contributed by atoms with Gasteiger partial charge in [-0.3, -0.25) is 0 Å². The van der Waals surface area contributed by atoms with Crippen LogP contribution < -0.4 is 43.3 Å². The van der Waals surface area contributed by atoms with Gasteiger partial charge in [0.2, 0.25) is 0 Å². The summed E-state index contributed by atoms with van der Waals surface area (Å²) in [6.45, 7) is 0. The van der Waals surface area contributed by atoms with E-state index in [1.54, 1.807) is 0 Å². The molecule has 0 radical (unpaired) electrons. The van der Waals surface area contributed by atoms with Gasteiger partial charge in [-0.15, -0.1) is 0 Å². The van der Waals surface area contributed by atoms with Crippen molar-refractivity contribution in [1.29, 1.82) is 0 Å². The third-order valence-electron chi connectivity index (χ3n) is 12.0. The van der Waals surface area contributed by atoms with Crippen molar-refractivity contribution in [2.75, 3.05) is 0 Å². The van der Waals surface area contributed by atoms with Crippen molar-refractivity contribution in [2.45, 2.75) is 18.2 Å². The Morgan fingerprint density at radius 2 is 0.597 bits per heavy atom. The second-order valence-electron chi connectivity index (χ2n) is 16.0. The van der Waals surface area contributed by atoms with E-state index in [-0.39, 0.29) is 27.2 Å². The molecule has 67 heavy (non-hydrogen) atoms. The van der Waals surface area contributed by atoms with Gasteiger partial charge in [-0.2, -0.15) is 0 Å². The number of benzene rings is 10. The molecule has 10 aromatic rings. The molecule has 332 valence electrons. The standard InChI is InChI=1S/C45H34OP2.C14H16N2.2ClH.Ru/c46-45(43-39-27-15-13-17-33(39)29-31-41(43)47(35-19-5-1-6-20-35)36-21-7-2-8-22-36)44-40-28-16-14-18-34(40)30-32-42(44)48(37-23-9-3-10-24-37)38-25-11-4-12-26-38;15-13(11-7-3-1-4-8-11)14(16)12-9-5-2-6-10-12;;;/h1-32,45-46H;1-10,13-14H,15-16H2;2*1H;/q;;;;+4. The number of hydrogen-bond donors (Lipinski definition) is 3. The Labute approximate surface area is 412 Å². The predicted molar refractivity (Wildman–Crippen MR) is 291 cm³/mol. The molecule has 2 atom stereocenters. The molecule has 0 spiro atoms. The van der Waals surface area contributed by atoms with Crippen molar-refractivity contribution in [3.8, 4) is 0 Å². The second kappa shape index (κ2) is 24.1.